The number of benzene rings is 2. The van der Waals surface area contributed by atoms with Gasteiger partial charge in [-0.15, -0.1) is 0 Å². The molecule has 1 heterocycles. The standard InChI is InChI=1S/C25H30N2O2/c1-15-21(17-11-9-10-12-20(17)29-8)27-23(26-15)16-13-18(24(2,3)4)22(28)19(14-16)25(5,6)7/h9-14,28H,1H2,2-8H3. The van der Waals surface area contributed by atoms with Gasteiger partial charge in [0.2, 0.25) is 0 Å². The molecule has 0 unspecified atom stereocenters. The maximum Gasteiger partial charge on any atom is 0.160 e. The first kappa shape index (κ1) is 20.8. The molecule has 4 nitrogen and oxygen atoms in total. The molecule has 0 aliphatic carbocycles. The molecule has 0 atom stereocenters. The molecular weight excluding hydrogens is 360 g/mol. The fourth-order valence-electron chi connectivity index (χ4n) is 3.47. The van der Waals surface area contributed by atoms with Crippen LogP contribution in [0.25, 0.3) is 0 Å². The molecule has 0 bridgehead atoms. The number of hydrogen-bond donors (Lipinski definition) is 1. The molecule has 1 aliphatic heterocycles. The van der Waals surface area contributed by atoms with E-state index in [2.05, 4.69) is 53.1 Å². The highest BCUT2D eigenvalue weighted by Crippen LogP contribution is 2.40. The molecule has 2 aromatic carbocycles. The van der Waals surface area contributed by atoms with Gasteiger partial charge in [0, 0.05) is 22.3 Å². The largest absolute Gasteiger partial charge is 0.507 e. The number of phenolic OH excluding ortho intramolecular Hbond substituents is 1. The average Bonchev–Trinajstić information content (AvgIpc) is 3.01. The quantitative estimate of drug-likeness (QED) is 0.724. The van der Waals surface area contributed by atoms with Crippen LogP contribution < -0.4 is 4.74 Å². The van der Waals surface area contributed by atoms with Crippen LogP contribution in [0.5, 0.6) is 11.5 Å². The summed E-state index contributed by atoms with van der Waals surface area (Å²) < 4.78 is 5.48. The van der Waals surface area contributed by atoms with Gasteiger partial charge >= 0.3 is 0 Å². The molecule has 1 N–H and O–H groups in total. The number of allylic oxidation sites excluding steroid dienone is 1. The molecule has 0 spiro atoms. The first-order valence-corrected chi connectivity index (χ1v) is 9.82. The third-order valence-electron chi connectivity index (χ3n) is 5.08. The number of nitrogens with zero attached hydrogens (tertiary/aromatic N) is 2. The molecule has 3 rings (SSSR count). The number of methoxy groups -OCH3 is 1. The summed E-state index contributed by atoms with van der Waals surface area (Å²) in [4.78, 5) is 9.45. The summed E-state index contributed by atoms with van der Waals surface area (Å²) in [6.45, 7) is 16.7. The summed E-state index contributed by atoms with van der Waals surface area (Å²) in [6, 6.07) is 11.7. The normalized spacial score (nSPS) is 14.7. The van der Waals surface area contributed by atoms with Gasteiger partial charge in [0.1, 0.15) is 17.2 Å². The Morgan fingerprint density at radius 2 is 1.45 bits per heavy atom. The van der Waals surface area contributed by atoms with Crippen molar-refractivity contribution in [2.45, 2.75) is 52.4 Å². The van der Waals surface area contributed by atoms with Crippen LogP contribution in [0, 0.1) is 0 Å². The van der Waals surface area contributed by atoms with Crippen LogP contribution in [-0.2, 0) is 10.8 Å². The van der Waals surface area contributed by atoms with Crippen molar-refractivity contribution in [1.29, 1.82) is 0 Å². The number of aromatic hydroxyl groups is 1. The molecule has 0 fully saturated rings. The minimum absolute atomic E-state index is 0.217. The van der Waals surface area contributed by atoms with E-state index in [0.29, 0.717) is 23.0 Å². The number of ether oxygens (including phenoxy) is 1. The average molecular weight is 391 g/mol. The molecule has 1 aliphatic rings. The van der Waals surface area contributed by atoms with Crippen molar-refractivity contribution in [1.82, 2.24) is 0 Å². The number of rotatable bonds is 3. The monoisotopic (exact) mass is 390 g/mol. The van der Waals surface area contributed by atoms with Crippen LogP contribution in [-0.4, -0.2) is 23.8 Å². The molecular formula is C25H30N2O2. The summed E-state index contributed by atoms with van der Waals surface area (Å²) in [5, 5.41) is 11.0. The summed E-state index contributed by atoms with van der Waals surface area (Å²) >= 11 is 0. The molecule has 29 heavy (non-hydrogen) atoms. The Bertz CT molecular complexity index is 997. The molecule has 0 aromatic heterocycles. The second-order valence-corrected chi connectivity index (χ2v) is 9.46. The van der Waals surface area contributed by atoms with E-state index in [0.717, 1.165) is 28.0 Å². The first-order valence-electron chi connectivity index (χ1n) is 9.82. The second-order valence-electron chi connectivity index (χ2n) is 9.46. The Hall–Kier alpha value is -2.88. The molecule has 2 aromatic rings. The first-order chi connectivity index (χ1) is 13.4. The van der Waals surface area contributed by atoms with Crippen LogP contribution >= 0.6 is 0 Å². The van der Waals surface area contributed by atoms with Gasteiger partial charge in [0.05, 0.1) is 12.8 Å². The van der Waals surface area contributed by atoms with E-state index in [4.69, 9.17) is 9.73 Å². The lowest BCUT2D eigenvalue weighted by Gasteiger charge is -2.28. The number of aliphatic imine (C=N–C) groups is 2. The maximum absolute atomic E-state index is 11.0. The topological polar surface area (TPSA) is 54.2 Å². The fourth-order valence-corrected chi connectivity index (χ4v) is 3.47. The Kier molecular flexibility index (Phi) is 5.16. The lowest BCUT2D eigenvalue weighted by Crippen LogP contribution is -2.18. The molecule has 152 valence electrons. The van der Waals surface area contributed by atoms with Crippen molar-refractivity contribution in [3.8, 4) is 11.5 Å². The van der Waals surface area contributed by atoms with E-state index in [-0.39, 0.29) is 10.8 Å². The smallest absolute Gasteiger partial charge is 0.160 e. The highest BCUT2D eigenvalue weighted by molar-refractivity contribution is 6.25. The number of hydrogen-bond acceptors (Lipinski definition) is 4. The third-order valence-corrected chi connectivity index (χ3v) is 5.08. The predicted molar refractivity (Wildman–Crippen MR) is 121 cm³/mol. The molecule has 0 saturated heterocycles. The molecule has 0 amide bonds. The van der Waals surface area contributed by atoms with Crippen LogP contribution in [0.15, 0.2) is 58.7 Å². The van der Waals surface area contributed by atoms with Crippen molar-refractivity contribution in [2.24, 2.45) is 9.98 Å². The van der Waals surface area contributed by atoms with Gasteiger partial charge < -0.3 is 9.84 Å². The Morgan fingerprint density at radius 3 is 1.97 bits per heavy atom. The molecule has 0 saturated carbocycles. The van der Waals surface area contributed by atoms with Crippen LogP contribution in [0.1, 0.15) is 63.8 Å². The summed E-state index contributed by atoms with van der Waals surface area (Å²) in [7, 11) is 1.64. The van der Waals surface area contributed by atoms with E-state index < -0.39 is 0 Å². The van der Waals surface area contributed by atoms with E-state index in [1.807, 2.05) is 36.4 Å². The lowest BCUT2D eigenvalue weighted by molar-refractivity contribution is 0.414. The number of amidine groups is 1. The zero-order valence-electron chi connectivity index (χ0n) is 18.4. The van der Waals surface area contributed by atoms with Gasteiger partial charge in [-0.3, -0.25) is 0 Å². The second kappa shape index (κ2) is 7.18. The van der Waals surface area contributed by atoms with Gasteiger partial charge in [-0.25, -0.2) is 9.98 Å². The van der Waals surface area contributed by atoms with Gasteiger partial charge in [-0.05, 0) is 35.1 Å². The van der Waals surface area contributed by atoms with Crippen LogP contribution in [0.3, 0.4) is 0 Å². The van der Waals surface area contributed by atoms with Crippen molar-refractivity contribution in [3.05, 3.63) is 70.9 Å². The van der Waals surface area contributed by atoms with Crippen LogP contribution in [0.2, 0.25) is 0 Å². The van der Waals surface area contributed by atoms with Gasteiger partial charge in [0.25, 0.3) is 0 Å². The zero-order chi connectivity index (χ0) is 21.6. The third kappa shape index (κ3) is 3.98. The van der Waals surface area contributed by atoms with Crippen molar-refractivity contribution >= 4 is 11.5 Å². The molecule has 0 radical (unpaired) electrons. The highest BCUT2D eigenvalue weighted by atomic mass is 16.5. The maximum atomic E-state index is 11.0. The van der Waals surface area contributed by atoms with E-state index in [1.165, 1.54) is 0 Å². The fraction of sp³-hybridized carbons (Fsp3) is 0.360. The SMILES string of the molecule is C=C1N=C(c2cc(C(C)(C)C)c(O)c(C(C)(C)C)c2)N=C1c1ccccc1OC. The molecule has 4 heteroatoms. The Balaban J connectivity index is 2.17. The number of phenols is 1. The van der Waals surface area contributed by atoms with E-state index in [1.54, 1.807) is 7.11 Å². The minimum Gasteiger partial charge on any atom is -0.507 e. The van der Waals surface area contributed by atoms with Crippen molar-refractivity contribution in [3.63, 3.8) is 0 Å². The predicted octanol–water partition coefficient (Wildman–Crippen LogP) is 5.76. The highest BCUT2D eigenvalue weighted by Gasteiger charge is 2.29. The van der Waals surface area contributed by atoms with Crippen molar-refractivity contribution in [2.75, 3.05) is 7.11 Å². The van der Waals surface area contributed by atoms with Gasteiger partial charge in [-0.2, -0.15) is 0 Å². The zero-order valence-corrected chi connectivity index (χ0v) is 18.4. The lowest BCUT2D eigenvalue weighted by atomic mass is 9.78. The minimum atomic E-state index is -0.217. The van der Waals surface area contributed by atoms with Crippen molar-refractivity contribution < 1.29 is 9.84 Å². The number of para-hydroxylation sites is 1. The summed E-state index contributed by atoms with van der Waals surface area (Å²) in [5.74, 6) is 1.69. The summed E-state index contributed by atoms with van der Waals surface area (Å²) in [5.41, 5.74) is 4.39. The Morgan fingerprint density at radius 1 is 0.897 bits per heavy atom. The van der Waals surface area contributed by atoms with Gasteiger partial charge in [0.15, 0.2) is 5.84 Å². The Labute approximate surface area is 173 Å². The summed E-state index contributed by atoms with van der Waals surface area (Å²) in [6.07, 6.45) is 0. The van der Waals surface area contributed by atoms with Gasteiger partial charge in [-0.1, -0.05) is 60.3 Å². The van der Waals surface area contributed by atoms with E-state index in [9.17, 15) is 5.11 Å². The van der Waals surface area contributed by atoms with E-state index >= 15 is 0 Å². The van der Waals surface area contributed by atoms with Crippen LogP contribution in [0.4, 0.5) is 0 Å².